The molecule has 2 unspecified atom stereocenters. The summed E-state index contributed by atoms with van der Waals surface area (Å²) in [6.45, 7) is 3.24. The molecule has 16 heavy (non-hydrogen) atoms. The Labute approximate surface area is 97.7 Å². The van der Waals surface area contributed by atoms with Crippen LogP contribution in [0.5, 0.6) is 0 Å². The SMILES string of the molecule is CC1CCCC(NCc2ccncn2)CC1. The van der Waals surface area contributed by atoms with Gasteiger partial charge < -0.3 is 5.32 Å². The third-order valence-corrected chi connectivity index (χ3v) is 3.47. The van der Waals surface area contributed by atoms with Gasteiger partial charge in [0.1, 0.15) is 6.33 Å². The van der Waals surface area contributed by atoms with Crippen molar-refractivity contribution in [3.8, 4) is 0 Å². The Hall–Kier alpha value is -0.960. The van der Waals surface area contributed by atoms with E-state index in [9.17, 15) is 0 Å². The molecule has 0 bridgehead atoms. The molecule has 1 aromatic rings. The minimum atomic E-state index is 0.680. The Morgan fingerprint density at radius 2 is 2.25 bits per heavy atom. The van der Waals surface area contributed by atoms with E-state index in [1.165, 1.54) is 32.1 Å². The lowest BCUT2D eigenvalue weighted by Gasteiger charge is -2.15. The van der Waals surface area contributed by atoms with Crippen LogP contribution in [0.4, 0.5) is 0 Å². The maximum atomic E-state index is 4.23. The molecule has 0 spiro atoms. The van der Waals surface area contributed by atoms with E-state index in [4.69, 9.17) is 0 Å². The van der Waals surface area contributed by atoms with Gasteiger partial charge in [0.15, 0.2) is 0 Å². The Kier molecular flexibility index (Phi) is 4.28. The second kappa shape index (κ2) is 5.94. The monoisotopic (exact) mass is 219 g/mol. The minimum Gasteiger partial charge on any atom is -0.308 e. The summed E-state index contributed by atoms with van der Waals surface area (Å²) >= 11 is 0. The van der Waals surface area contributed by atoms with E-state index in [0.717, 1.165) is 18.2 Å². The highest BCUT2D eigenvalue weighted by Crippen LogP contribution is 2.22. The van der Waals surface area contributed by atoms with Crippen molar-refractivity contribution in [2.45, 2.75) is 51.6 Å². The van der Waals surface area contributed by atoms with Crippen LogP contribution in [0.3, 0.4) is 0 Å². The van der Waals surface area contributed by atoms with Crippen molar-refractivity contribution in [3.63, 3.8) is 0 Å². The molecule has 3 nitrogen and oxygen atoms in total. The van der Waals surface area contributed by atoms with Crippen LogP contribution in [0.1, 0.15) is 44.7 Å². The van der Waals surface area contributed by atoms with E-state index in [0.29, 0.717) is 6.04 Å². The predicted molar refractivity (Wildman–Crippen MR) is 64.9 cm³/mol. The van der Waals surface area contributed by atoms with Crippen molar-refractivity contribution >= 4 is 0 Å². The molecule has 1 saturated carbocycles. The summed E-state index contributed by atoms with van der Waals surface area (Å²) in [7, 11) is 0. The van der Waals surface area contributed by atoms with Crippen LogP contribution < -0.4 is 5.32 Å². The summed E-state index contributed by atoms with van der Waals surface area (Å²) in [4.78, 5) is 8.15. The van der Waals surface area contributed by atoms with Gasteiger partial charge in [0, 0.05) is 18.8 Å². The molecule has 1 aliphatic rings. The molecule has 0 saturated heterocycles. The molecule has 2 atom stereocenters. The van der Waals surface area contributed by atoms with Gasteiger partial charge in [-0.25, -0.2) is 9.97 Å². The first-order chi connectivity index (χ1) is 7.84. The van der Waals surface area contributed by atoms with Crippen molar-refractivity contribution < 1.29 is 0 Å². The van der Waals surface area contributed by atoms with E-state index in [-0.39, 0.29) is 0 Å². The number of aromatic nitrogens is 2. The van der Waals surface area contributed by atoms with Crippen LogP contribution >= 0.6 is 0 Å². The maximum absolute atomic E-state index is 4.23. The van der Waals surface area contributed by atoms with Crippen LogP contribution in [0, 0.1) is 5.92 Å². The Morgan fingerprint density at radius 3 is 3.06 bits per heavy atom. The molecule has 0 radical (unpaired) electrons. The highest BCUT2D eigenvalue weighted by Gasteiger charge is 2.15. The van der Waals surface area contributed by atoms with Crippen LogP contribution in [0.15, 0.2) is 18.6 Å². The zero-order chi connectivity index (χ0) is 11.2. The van der Waals surface area contributed by atoms with Crippen molar-refractivity contribution in [1.82, 2.24) is 15.3 Å². The van der Waals surface area contributed by atoms with E-state index in [2.05, 4.69) is 22.2 Å². The molecule has 3 heteroatoms. The summed E-state index contributed by atoms with van der Waals surface area (Å²) in [5.74, 6) is 0.908. The molecule has 1 N–H and O–H groups in total. The Morgan fingerprint density at radius 1 is 1.31 bits per heavy atom. The van der Waals surface area contributed by atoms with Crippen molar-refractivity contribution in [2.75, 3.05) is 0 Å². The summed E-state index contributed by atoms with van der Waals surface area (Å²) in [6.07, 6.45) is 10.2. The molecule has 88 valence electrons. The number of rotatable bonds is 3. The minimum absolute atomic E-state index is 0.680. The third-order valence-electron chi connectivity index (χ3n) is 3.47. The fourth-order valence-electron chi connectivity index (χ4n) is 2.36. The van der Waals surface area contributed by atoms with Gasteiger partial charge in [0.2, 0.25) is 0 Å². The zero-order valence-electron chi connectivity index (χ0n) is 10.0. The van der Waals surface area contributed by atoms with Gasteiger partial charge in [0.05, 0.1) is 5.69 Å². The average molecular weight is 219 g/mol. The summed E-state index contributed by atoms with van der Waals surface area (Å²) < 4.78 is 0. The van der Waals surface area contributed by atoms with Gasteiger partial charge in [0.25, 0.3) is 0 Å². The smallest absolute Gasteiger partial charge is 0.115 e. The molecule has 0 aliphatic heterocycles. The number of hydrogen-bond donors (Lipinski definition) is 1. The van der Waals surface area contributed by atoms with E-state index >= 15 is 0 Å². The summed E-state index contributed by atoms with van der Waals surface area (Å²) in [5.41, 5.74) is 1.09. The lowest BCUT2D eigenvalue weighted by Crippen LogP contribution is -2.28. The topological polar surface area (TPSA) is 37.8 Å². The van der Waals surface area contributed by atoms with Crippen molar-refractivity contribution in [3.05, 3.63) is 24.3 Å². The molecule has 1 aliphatic carbocycles. The van der Waals surface area contributed by atoms with Gasteiger partial charge in [-0.1, -0.05) is 19.8 Å². The van der Waals surface area contributed by atoms with Gasteiger partial charge >= 0.3 is 0 Å². The first kappa shape index (κ1) is 11.5. The average Bonchev–Trinajstić information content (AvgIpc) is 2.53. The fourth-order valence-corrected chi connectivity index (χ4v) is 2.36. The lowest BCUT2D eigenvalue weighted by molar-refractivity contribution is 0.445. The second-order valence-electron chi connectivity index (χ2n) is 4.89. The van der Waals surface area contributed by atoms with Gasteiger partial charge in [-0.15, -0.1) is 0 Å². The third kappa shape index (κ3) is 3.56. The van der Waals surface area contributed by atoms with Gasteiger partial charge in [-0.05, 0) is 31.2 Å². The van der Waals surface area contributed by atoms with Crippen molar-refractivity contribution in [1.29, 1.82) is 0 Å². The zero-order valence-corrected chi connectivity index (χ0v) is 10.0. The quantitative estimate of drug-likeness (QED) is 0.794. The standard InChI is InChI=1S/C13H21N3/c1-11-3-2-4-12(6-5-11)15-9-13-7-8-14-10-16-13/h7-8,10-12,15H,2-6,9H2,1H3. The normalized spacial score (nSPS) is 26.3. The highest BCUT2D eigenvalue weighted by molar-refractivity contribution is 4.97. The second-order valence-corrected chi connectivity index (χ2v) is 4.89. The number of nitrogens with zero attached hydrogens (tertiary/aromatic N) is 2. The van der Waals surface area contributed by atoms with E-state index in [1.807, 2.05) is 6.07 Å². The largest absolute Gasteiger partial charge is 0.308 e. The fraction of sp³-hybridized carbons (Fsp3) is 0.692. The van der Waals surface area contributed by atoms with Gasteiger partial charge in [-0.3, -0.25) is 0 Å². The molecular formula is C13H21N3. The van der Waals surface area contributed by atoms with E-state index in [1.54, 1.807) is 12.5 Å². The first-order valence-electron chi connectivity index (χ1n) is 6.33. The Balaban J connectivity index is 1.77. The first-order valence-corrected chi connectivity index (χ1v) is 6.33. The van der Waals surface area contributed by atoms with Gasteiger partial charge in [-0.2, -0.15) is 0 Å². The van der Waals surface area contributed by atoms with Crippen LogP contribution in [0.25, 0.3) is 0 Å². The Bertz CT molecular complexity index is 299. The van der Waals surface area contributed by atoms with Crippen LogP contribution in [-0.2, 0) is 6.54 Å². The lowest BCUT2D eigenvalue weighted by atomic mass is 10.0. The van der Waals surface area contributed by atoms with Crippen molar-refractivity contribution in [2.24, 2.45) is 5.92 Å². The number of nitrogens with one attached hydrogen (secondary N) is 1. The number of hydrogen-bond acceptors (Lipinski definition) is 3. The molecular weight excluding hydrogens is 198 g/mol. The molecule has 1 heterocycles. The molecule has 1 aromatic heterocycles. The maximum Gasteiger partial charge on any atom is 0.115 e. The summed E-state index contributed by atoms with van der Waals surface area (Å²) in [6, 6.07) is 2.66. The van der Waals surface area contributed by atoms with Crippen LogP contribution in [0.2, 0.25) is 0 Å². The highest BCUT2D eigenvalue weighted by atomic mass is 14.9. The predicted octanol–water partition coefficient (Wildman–Crippen LogP) is 2.54. The molecule has 0 aromatic carbocycles. The summed E-state index contributed by atoms with van der Waals surface area (Å²) in [5, 5.41) is 3.61. The van der Waals surface area contributed by atoms with E-state index < -0.39 is 0 Å². The molecule has 0 amide bonds. The molecule has 1 fully saturated rings. The van der Waals surface area contributed by atoms with Crippen LogP contribution in [-0.4, -0.2) is 16.0 Å². The molecule has 2 rings (SSSR count).